The average molecular weight is 386 g/mol. The Kier molecular flexibility index (Phi) is 4.34. The molecule has 0 spiro atoms. The van der Waals surface area contributed by atoms with Crippen molar-refractivity contribution in [3.8, 4) is 28.3 Å². The molecule has 1 aliphatic rings. The van der Waals surface area contributed by atoms with Gasteiger partial charge in [0.1, 0.15) is 11.3 Å². The van der Waals surface area contributed by atoms with E-state index in [1.807, 2.05) is 30.3 Å². The van der Waals surface area contributed by atoms with E-state index in [2.05, 4.69) is 36.5 Å². The summed E-state index contributed by atoms with van der Waals surface area (Å²) in [5.74, 6) is 1.35. The van der Waals surface area contributed by atoms with Crippen LogP contribution in [0.3, 0.4) is 0 Å². The number of methoxy groups -OCH3 is 1. The predicted molar refractivity (Wildman–Crippen MR) is 113 cm³/mol. The van der Waals surface area contributed by atoms with Crippen LogP contribution >= 0.6 is 0 Å². The van der Waals surface area contributed by atoms with Gasteiger partial charge in [0.2, 0.25) is 5.89 Å². The SMILES string of the molecule is COc1cc2oc3nc2cc1C(NCCO)c1c(C)ccc(-c2ccccc2)c1-3. The Balaban J connectivity index is 1.88. The van der Waals surface area contributed by atoms with Gasteiger partial charge in [0.25, 0.3) is 0 Å². The number of aliphatic hydroxyl groups is 1. The molecule has 0 amide bonds. The first kappa shape index (κ1) is 17.9. The van der Waals surface area contributed by atoms with Crippen LogP contribution in [0.4, 0.5) is 0 Å². The summed E-state index contributed by atoms with van der Waals surface area (Å²) in [7, 11) is 1.66. The van der Waals surface area contributed by atoms with Crippen molar-refractivity contribution in [1.82, 2.24) is 10.3 Å². The molecule has 0 fully saturated rings. The Labute approximate surface area is 169 Å². The second kappa shape index (κ2) is 7.03. The quantitative estimate of drug-likeness (QED) is 0.530. The van der Waals surface area contributed by atoms with Crippen LogP contribution in [0, 0.1) is 6.92 Å². The van der Waals surface area contributed by atoms with Crippen LogP contribution in [0.5, 0.6) is 5.75 Å². The van der Waals surface area contributed by atoms with Crippen molar-refractivity contribution in [2.45, 2.75) is 13.0 Å². The van der Waals surface area contributed by atoms with Crippen LogP contribution < -0.4 is 10.1 Å². The van der Waals surface area contributed by atoms with Gasteiger partial charge in [-0.05, 0) is 35.2 Å². The summed E-state index contributed by atoms with van der Waals surface area (Å²) in [5.41, 5.74) is 7.88. The van der Waals surface area contributed by atoms with Crippen molar-refractivity contribution < 1.29 is 14.3 Å². The van der Waals surface area contributed by atoms with Gasteiger partial charge in [-0.3, -0.25) is 0 Å². The molecule has 0 radical (unpaired) electrons. The fourth-order valence-corrected chi connectivity index (χ4v) is 4.24. The molecule has 1 atom stereocenters. The molecule has 2 heterocycles. The van der Waals surface area contributed by atoms with E-state index in [-0.39, 0.29) is 12.6 Å². The number of fused-ring (bicyclic) bond motifs is 4. The Morgan fingerprint density at radius 1 is 1.14 bits per heavy atom. The normalized spacial score (nSPS) is 14.8. The number of oxazole rings is 1. The van der Waals surface area contributed by atoms with Gasteiger partial charge in [-0.15, -0.1) is 0 Å². The molecule has 0 saturated carbocycles. The van der Waals surface area contributed by atoms with Gasteiger partial charge in [-0.2, -0.15) is 0 Å². The molecule has 2 N–H and O–H groups in total. The summed E-state index contributed by atoms with van der Waals surface area (Å²) in [4.78, 5) is 4.80. The van der Waals surface area contributed by atoms with Gasteiger partial charge in [-0.25, -0.2) is 4.98 Å². The number of hydrogen-bond acceptors (Lipinski definition) is 5. The number of aryl methyl sites for hydroxylation is 1. The summed E-state index contributed by atoms with van der Waals surface area (Å²) in [5, 5.41) is 13.0. The minimum atomic E-state index is -0.157. The van der Waals surface area contributed by atoms with Gasteiger partial charge < -0.3 is 19.6 Å². The zero-order valence-electron chi connectivity index (χ0n) is 16.4. The number of ether oxygens (including phenoxy) is 1. The third-order valence-corrected chi connectivity index (χ3v) is 5.56. The van der Waals surface area contributed by atoms with Gasteiger partial charge in [-0.1, -0.05) is 42.5 Å². The van der Waals surface area contributed by atoms with E-state index in [4.69, 9.17) is 14.1 Å². The summed E-state index contributed by atoms with van der Waals surface area (Å²) >= 11 is 0. The molecule has 3 bridgehead atoms. The highest BCUT2D eigenvalue weighted by atomic mass is 16.5. The minimum Gasteiger partial charge on any atom is -0.496 e. The third-order valence-electron chi connectivity index (χ3n) is 5.56. The van der Waals surface area contributed by atoms with Crippen LogP contribution in [0.2, 0.25) is 0 Å². The first-order valence-corrected chi connectivity index (χ1v) is 9.73. The molecule has 3 aromatic carbocycles. The number of hydrogen-bond donors (Lipinski definition) is 2. The first-order chi connectivity index (χ1) is 14.2. The molecule has 146 valence electrons. The first-order valence-electron chi connectivity index (χ1n) is 9.73. The van der Waals surface area contributed by atoms with Gasteiger partial charge in [0, 0.05) is 18.2 Å². The average Bonchev–Trinajstić information content (AvgIpc) is 3.19. The maximum atomic E-state index is 9.50. The molecular formula is C24H22N2O3. The van der Waals surface area contributed by atoms with E-state index in [9.17, 15) is 5.11 Å². The Morgan fingerprint density at radius 2 is 1.97 bits per heavy atom. The maximum Gasteiger partial charge on any atom is 0.228 e. The number of rotatable bonds is 5. The van der Waals surface area contributed by atoms with Crippen molar-refractivity contribution in [2.75, 3.05) is 20.3 Å². The molecule has 4 aromatic rings. The Hall–Kier alpha value is -3.15. The van der Waals surface area contributed by atoms with E-state index in [0.717, 1.165) is 44.6 Å². The summed E-state index contributed by atoms with van der Waals surface area (Å²) in [6, 6.07) is 18.3. The van der Waals surface area contributed by atoms with E-state index in [1.165, 1.54) is 0 Å². The molecule has 1 aromatic heterocycles. The second-order valence-electron chi connectivity index (χ2n) is 7.28. The predicted octanol–water partition coefficient (Wildman–Crippen LogP) is 4.46. The van der Waals surface area contributed by atoms with E-state index in [1.54, 1.807) is 7.11 Å². The highest BCUT2D eigenvalue weighted by Crippen LogP contribution is 2.46. The molecule has 0 aliphatic carbocycles. The molecule has 5 heteroatoms. The minimum absolute atomic E-state index is 0.0496. The highest BCUT2D eigenvalue weighted by Gasteiger charge is 2.31. The zero-order valence-corrected chi connectivity index (χ0v) is 16.4. The van der Waals surface area contributed by atoms with Gasteiger partial charge in [0.15, 0.2) is 5.58 Å². The fourth-order valence-electron chi connectivity index (χ4n) is 4.24. The van der Waals surface area contributed by atoms with Crippen molar-refractivity contribution in [2.24, 2.45) is 0 Å². The number of aliphatic hydroxyl groups excluding tert-OH is 1. The highest BCUT2D eigenvalue weighted by molar-refractivity contribution is 5.89. The van der Waals surface area contributed by atoms with E-state index < -0.39 is 0 Å². The molecule has 0 saturated heterocycles. The largest absolute Gasteiger partial charge is 0.496 e. The van der Waals surface area contributed by atoms with E-state index >= 15 is 0 Å². The fraction of sp³-hybridized carbons (Fsp3) is 0.208. The van der Waals surface area contributed by atoms with E-state index in [0.29, 0.717) is 18.0 Å². The summed E-state index contributed by atoms with van der Waals surface area (Å²) < 4.78 is 11.9. The third kappa shape index (κ3) is 2.82. The molecule has 29 heavy (non-hydrogen) atoms. The van der Waals surface area contributed by atoms with Crippen LogP contribution in [-0.2, 0) is 0 Å². The lowest BCUT2D eigenvalue weighted by Crippen LogP contribution is -2.27. The smallest absolute Gasteiger partial charge is 0.228 e. The van der Waals surface area contributed by atoms with Gasteiger partial charge >= 0.3 is 0 Å². The van der Waals surface area contributed by atoms with Crippen LogP contribution in [0.15, 0.2) is 59.0 Å². The topological polar surface area (TPSA) is 67.5 Å². The maximum absolute atomic E-state index is 9.50. The standard InChI is InChI=1S/C24H22N2O3/c1-14-8-9-16(15-6-4-3-5-7-15)22-21(14)23(25-10-11-27)17-12-18-20(13-19(17)28-2)29-24(22)26-18/h3-9,12-13,23,25,27H,10-11H2,1-2H3. The molecule has 5 rings (SSSR count). The zero-order chi connectivity index (χ0) is 20.0. The Morgan fingerprint density at radius 3 is 2.72 bits per heavy atom. The second-order valence-corrected chi connectivity index (χ2v) is 7.28. The molecule has 1 unspecified atom stereocenters. The molecule has 1 aliphatic heterocycles. The van der Waals surface area contributed by atoms with Crippen LogP contribution in [0.1, 0.15) is 22.7 Å². The number of nitrogens with one attached hydrogen (secondary N) is 1. The van der Waals surface area contributed by atoms with Gasteiger partial charge in [0.05, 0.1) is 25.3 Å². The van der Waals surface area contributed by atoms with Crippen molar-refractivity contribution in [1.29, 1.82) is 0 Å². The van der Waals surface area contributed by atoms with Crippen molar-refractivity contribution in [3.05, 3.63) is 71.3 Å². The molecular weight excluding hydrogens is 364 g/mol. The van der Waals surface area contributed by atoms with Crippen molar-refractivity contribution >= 4 is 11.1 Å². The van der Waals surface area contributed by atoms with Crippen LogP contribution in [-0.4, -0.2) is 30.4 Å². The van der Waals surface area contributed by atoms with Crippen molar-refractivity contribution in [3.63, 3.8) is 0 Å². The lowest BCUT2D eigenvalue weighted by molar-refractivity contribution is 0.287. The lowest BCUT2D eigenvalue weighted by atomic mass is 9.85. The number of aromatic nitrogens is 1. The lowest BCUT2D eigenvalue weighted by Gasteiger charge is -2.26. The number of benzene rings is 3. The summed E-state index contributed by atoms with van der Waals surface area (Å²) in [6.45, 7) is 2.61. The summed E-state index contributed by atoms with van der Waals surface area (Å²) in [6.07, 6.45) is 0. The Bertz CT molecular complexity index is 1200. The molecule has 5 nitrogen and oxygen atoms in total. The van der Waals surface area contributed by atoms with Crippen LogP contribution in [0.25, 0.3) is 33.7 Å². The number of nitrogens with zero attached hydrogens (tertiary/aromatic N) is 1. The monoisotopic (exact) mass is 386 g/mol.